The molecule has 0 radical (unpaired) electrons. The van der Waals surface area contributed by atoms with E-state index in [9.17, 15) is 0 Å². The molecule has 0 N–H and O–H groups in total. The van der Waals surface area contributed by atoms with E-state index in [1.54, 1.807) is 0 Å². The highest BCUT2D eigenvalue weighted by molar-refractivity contribution is 9.09. The minimum Gasteiger partial charge on any atom is -0.0829 e. The molecule has 0 fully saturated rings. The SMILES string of the molecule is CC1(C)c2cccc3cccc(c23)[C@@H]1Br. The third-order valence-corrected chi connectivity index (χ3v) is 5.18. The second-order valence-electron chi connectivity index (χ2n) is 4.84. The summed E-state index contributed by atoms with van der Waals surface area (Å²) in [6, 6.07) is 13.2. The Morgan fingerprint density at radius 2 is 1.73 bits per heavy atom. The molecule has 0 unspecified atom stereocenters. The average molecular weight is 261 g/mol. The Balaban J connectivity index is 2.51. The van der Waals surface area contributed by atoms with E-state index in [-0.39, 0.29) is 5.41 Å². The lowest BCUT2D eigenvalue weighted by molar-refractivity contribution is 0.541. The fourth-order valence-corrected chi connectivity index (χ4v) is 3.27. The number of benzene rings is 2. The standard InChI is InChI=1S/C14H13Br/c1-14(2)11-8-4-6-9-5-3-7-10(12(9)11)13(14)15/h3-8,13H,1-2H3/t13-/m0/s1. The molecule has 15 heavy (non-hydrogen) atoms. The molecule has 0 saturated carbocycles. The van der Waals surface area contributed by atoms with Crippen LogP contribution in [0.4, 0.5) is 0 Å². The monoisotopic (exact) mass is 260 g/mol. The number of hydrogen-bond donors (Lipinski definition) is 0. The zero-order chi connectivity index (χ0) is 10.6. The van der Waals surface area contributed by atoms with Crippen molar-refractivity contribution in [1.82, 2.24) is 0 Å². The second-order valence-corrected chi connectivity index (χ2v) is 5.75. The molecule has 0 nitrogen and oxygen atoms in total. The van der Waals surface area contributed by atoms with Gasteiger partial charge in [0.1, 0.15) is 0 Å². The third-order valence-electron chi connectivity index (χ3n) is 3.54. The van der Waals surface area contributed by atoms with Gasteiger partial charge in [-0.25, -0.2) is 0 Å². The summed E-state index contributed by atoms with van der Waals surface area (Å²) in [6.07, 6.45) is 0. The van der Waals surface area contributed by atoms with Crippen LogP contribution in [0.3, 0.4) is 0 Å². The first kappa shape index (κ1) is 9.41. The Kier molecular flexibility index (Phi) is 1.79. The second kappa shape index (κ2) is 2.85. The summed E-state index contributed by atoms with van der Waals surface area (Å²) in [4.78, 5) is 0.436. The summed E-state index contributed by atoms with van der Waals surface area (Å²) in [5.41, 5.74) is 3.11. The van der Waals surface area contributed by atoms with Gasteiger partial charge in [-0.2, -0.15) is 0 Å². The molecule has 0 aromatic heterocycles. The zero-order valence-corrected chi connectivity index (χ0v) is 10.5. The Hall–Kier alpha value is -0.820. The Morgan fingerprint density at radius 3 is 2.47 bits per heavy atom. The Labute approximate surface area is 98.4 Å². The van der Waals surface area contributed by atoms with Crippen LogP contribution in [-0.4, -0.2) is 0 Å². The molecule has 2 aromatic rings. The van der Waals surface area contributed by atoms with E-state index in [1.165, 1.54) is 21.9 Å². The highest BCUT2D eigenvalue weighted by Gasteiger charge is 2.38. The van der Waals surface area contributed by atoms with E-state index in [1.807, 2.05) is 0 Å². The molecule has 0 bridgehead atoms. The lowest BCUT2D eigenvalue weighted by Gasteiger charge is -2.24. The number of rotatable bonds is 0. The van der Waals surface area contributed by atoms with E-state index in [4.69, 9.17) is 0 Å². The highest BCUT2D eigenvalue weighted by atomic mass is 79.9. The molecule has 0 saturated heterocycles. The maximum absolute atomic E-state index is 3.83. The molecular weight excluding hydrogens is 248 g/mol. The predicted molar refractivity (Wildman–Crippen MR) is 68.6 cm³/mol. The van der Waals surface area contributed by atoms with Crippen LogP contribution in [0.2, 0.25) is 0 Å². The van der Waals surface area contributed by atoms with Gasteiger partial charge in [-0.3, -0.25) is 0 Å². The Morgan fingerprint density at radius 1 is 1.07 bits per heavy atom. The lowest BCUT2D eigenvalue weighted by Crippen LogP contribution is -2.17. The number of hydrogen-bond acceptors (Lipinski definition) is 0. The van der Waals surface area contributed by atoms with Crippen LogP contribution >= 0.6 is 15.9 Å². The van der Waals surface area contributed by atoms with Gasteiger partial charge in [0.05, 0.1) is 0 Å². The maximum atomic E-state index is 3.83. The molecule has 1 heteroatoms. The predicted octanol–water partition coefficient (Wildman–Crippen LogP) is 4.57. The Bertz CT molecular complexity index is 535. The van der Waals surface area contributed by atoms with Crippen molar-refractivity contribution in [2.45, 2.75) is 24.1 Å². The average Bonchev–Trinajstić information content (AvgIpc) is 2.43. The van der Waals surface area contributed by atoms with E-state index in [2.05, 4.69) is 66.2 Å². The van der Waals surface area contributed by atoms with E-state index >= 15 is 0 Å². The van der Waals surface area contributed by atoms with Crippen molar-refractivity contribution in [3.63, 3.8) is 0 Å². The van der Waals surface area contributed by atoms with E-state index in [0.29, 0.717) is 4.83 Å². The largest absolute Gasteiger partial charge is 0.0829 e. The molecule has 0 heterocycles. The molecule has 0 amide bonds. The first-order chi connectivity index (χ1) is 7.12. The molecule has 3 rings (SSSR count). The van der Waals surface area contributed by atoms with Gasteiger partial charge in [0.2, 0.25) is 0 Å². The quantitative estimate of drug-likeness (QED) is 0.609. The topological polar surface area (TPSA) is 0 Å². The van der Waals surface area contributed by atoms with Crippen LogP contribution in [0.5, 0.6) is 0 Å². The van der Waals surface area contributed by atoms with Gasteiger partial charge in [0.25, 0.3) is 0 Å². The van der Waals surface area contributed by atoms with Gasteiger partial charge >= 0.3 is 0 Å². The van der Waals surface area contributed by atoms with Crippen molar-refractivity contribution in [3.05, 3.63) is 47.5 Å². The lowest BCUT2D eigenvalue weighted by atomic mass is 9.85. The summed E-state index contributed by atoms with van der Waals surface area (Å²) >= 11 is 3.83. The van der Waals surface area contributed by atoms with Gasteiger partial charge in [0, 0.05) is 10.2 Å². The van der Waals surface area contributed by atoms with Crippen molar-refractivity contribution in [3.8, 4) is 0 Å². The summed E-state index contributed by atoms with van der Waals surface area (Å²) in [5.74, 6) is 0. The van der Waals surface area contributed by atoms with Crippen molar-refractivity contribution in [1.29, 1.82) is 0 Å². The minimum absolute atomic E-state index is 0.198. The van der Waals surface area contributed by atoms with Crippen molar-refractivity contribution < 1.29 is 0 Å². The van der Waals surface area contributed by atoms with Gasteiger partial charge in [-0.15, -0.1) is 0 Å². The smallest absolute Gasteiger partial charge is 0.0493 e. The van der Waals surface area contributed by atoms with Crippen molar-refractivity contribution in [2.75, 3.05) is 0 Å². The van der Waals surface area contributed by atoms with E-state index in [0.717, 1.165) is 0 Å². The van der Waals surface area contributed by atoms with Crippen LogP contribution in [0.25, 0.3) is 10.8 Å². The van der Waals surface area contributed by atoms with Gasteiger partial charge in [-0.05, 0) is 21.9 Å². The molecule has 1 aliphatic rings. The third kappa shape index (κ3) is 1.07. The minimum atomic E-state index is 0.198. The summed E-state index contributed by atoms with van der Waals surface area (Å²) in [7, 11) is 0. The molecule has 76 valence electrons. The van der Waals surface area contributed by atoms with Gasteiger partial charge in [-0.1, -0.05) is 66.2 Å². The zero-order valence-electron chi connectivity index (χ0n) is 8.92. The molecule has 0 spiro atoms. The molecule has 1 aliphatic carbocycles. The van der Waals surface area contributed by atoms with Crippen LogP contribution in [-0.2, 0) is 5.41 Å². The normalized spacial score (nSPS) is 22.2. The molecule has 0 aliphatic heterocycles. The summed E-state index contributed by atoms with van der Waals surface area (Å²) in [6.45, 7) is 4.61. The van der Waals surface area contributed by atoms with Crippen molar-refractivity contribution >= 4 is 26.7 Å². The number of alkyl halides is 1. The van der Waals surface area contributed by atoms with Crippen LogP contribution in [0.1, 0.15) is 29.8 Å². The van der Waals surface area contributed by atoms with Crippen LogP contribution in [0, 0.1) is 0 Å². The molecule has 2 aromatic carbocycles. The van der Waals surface area contributed by atoms with Crippen LogP contribution in [0.15, 0.2) is 36.4 Å². The summed E-state index contributed by atoms with van der Waals surface area (Å²) in [5, 5.41) is 2.81. The first-order valence-electron chi connectivity index (χ1n) is 5.28. The van der Waals surface area contributed by atoms with E-state index < -0.39 is 0 Å². The summed E-state index contributed by atoms with van der Waals surface area (Å²) < 4.78 is 0. The highest BCUT2D eigenvalue weighted by Crippen LogP contribution is 2.53. The van der Waals surface area contributed by atoms with Crippen molar-refractivity contribution in [2.24, 2.45) is 0 Å². The molecular formula is C14H13Br. The molecule has 1 atom stereocenters. The van der Waals surface area contributed by atoms with Crippen LogP contribution < -0.4 is 0 Å². The number of halogens is 1. The first-order valence-corrected chi connectivity index (χ1v) is 6.20. The fourth-order valence-electron chi connectivity index (χ4n) is 2.64. The fraction of sp³-hybridized carbons (Fsp3) is 0.286. The van der Waals surface area contributed by atoms with Gasteiger partial charge in [0.15, 0.2) is 0 Å². The maximum Gasteiger partial charge on any atom is 0.0493 e. The van der Waals surface area contributed by atoms with Gasteiger partial charge < -0.3 is 0 Å².